The summed E-state index contributed by atoms with van der Waals surface area (Å²) in [6.07, 6.45) is 5.70. The van der Waals surface area contributed by atoms with E-state index in [2.05, 4.69) is 4.98 Å². The van der Waals surface area contributed by atoms with Crippen molar-refractivity contribution >= 4 is 20.9 Å². The van der Waals surface area contributed by atoms with Gasteiger partial charge in [0.1, 0.15) is 5.52 Å². The van der Waals surface area contributed by atoms with Gasteiger partial charge in [0.05, 0.1) is 4.90 Å². The summed E-state index contributed by atoms with van der Waals surface area (Å²) in [5, 5.41) is 0. The maximum absolute atomic E-state index is 11.6. The highest BCUT2D eigenvalue weighted by atomic mass is 32.2. The Morgan fingerprint density at radius 1 is 1.33 bits per heavy atom. The molecule has 0 amide bonds. The molecule has 1 aromatic heterocycles. The van der Waals surface area contributed by atoms with Crippen LogP contribution in [0.5, 0.6) is 0 Å². The van der Waals surface area contributed by atoms with E-state index in [0.717, 1.165) is 19.3 Å². The lowest BCUT2D eigenvalue weighted by Gasteiger charge is -2.27. The van der Waals surface area contributed by atoms with Crippen molar-refractivity contribution in [2.24, 2.45) is 11.7 Å². The molecular formula is C15H20N2O3S. The van der Waals surface area contributed by atoms with Gasteiger partial charge in [0, 0.05) is 12.2 Å². The fraction of sp³-hybridized carbons (Fsp3) is 0.533. The van der Waals surface area contributed by atoms with Gasteiger partial charge >= 0.3 is 0 Å². The Bertz CT molecular complexity index is 751. The fourth-order valence-electron chi connectivity index (χ4n) is 3.13. The number of oxazole rings is 1. The molecule has 0 spiro atoms. The lowest BCUT2D eigenvalue weighted by atomic mass is 9.79. The maximum Gasteiger partial charge on any atom is 0.198 e. The van der Waals surface area contributed by atoms with Crippen molar-refractivity contribution in [1.82, 2.24) is 4.98 Å². The molecular weight excluding hydrogens is 288 g/mol. The minimum absolute atomic E-state index is 0.248. The van der Waals surface area contributed by atoms with Gasteiger partial charge in [0.15, 0.2) is 21.3 Å². The molecule has 0 saturated heterocycles. The number of nitrogens with two attached hydrogens (primary N) is 1. The van der Waals surface area contributed by atoms with Gasteiger partial charge < -0.3 is 10.2 Å². The van der Waals surface area contributed by atoms with E-state index in [4.69, 9.17) is 10.2 Å². The molecule has 0 aliphatic heterocycles. The van der Waals surface area contributed by atoms with Crippen molar-refractivity contribution in [1.29, 1.82) is 0 Å². The fourth-order valence-corrected chi connectivity index (χ4v) is 3.77. The predicted octanol–water partition coefficient (Wildman–Crippen LogP) is 2.46. The molecule has 1 saturated carbocycles. The number of hydrogen-bond acceptors (Lipinski definition) is 5. The van der Waals surface area contributed by atoms with Gasteiger partial charge in [0.25, 0.3) is 0 Å². The summed E-state index contributed by atoms with van der Waals surface area (Å²) >= 11 is 0. The summed E-state index contributed by atoms with van der Waals surface area (Å²) in [4.78, 5) is 4.79. The molecule has 114 valence electrons. The normalized spacial score (nSPS) is 23.5. The topological polar surface area (TPSA) is 86.2 Å². The van der Waals surface area contributed by atoms with Crippen LogP contribution >= 0.6 is 0 Å². The third kappa shape index (κ3) is 2.82. The molecule has 1 heterocycles. The molecule has 2 N–H and O–H groups in total. The van der Waals surface area contributed by atoms with Crippen molar-refractivity contribution in [3.05, 3.63) is 24.1 Å². The van der Waals surface area contributed by atoms with Gasteiger partial charge in [-0.3, -0.25) is 0 Å². The molecule has 2 aromatic rings. The Balaban J connectivity index is 2.00. The summed E-state index contributed by atoms with van der Waals surface area (Å²) in [7, 11) is -3.23. The van der Waals surface area contributed by atoms with Crippen molar-refractivity contribution in [2.75, 3.05) is 12.8 Å². The van der Waals surface area contributed by atoms with E-state index in [-0.39, 0.29) is 10.8 Å². The van der Waals surface area contributed by atoms with Crippen LogP contribution in [0.1, 0.15) is 37.5 Å². The second-order valence-corrected chi connectivity index (χ2v) is 7.86. The zero-order valence-electron chi connectivity index (χ0n) is 12.1. The third-order valence-corrected chi connectivity index (χ3v) is 5.44. The highest BCUT2D eigenvalue weighted by molar-refractivity contribution is 7.90. The van der Waals surface area contributed by atoms with Gasteiger partial charge in [-0.1, -0.05) is 12.8 Å². The average molecular weight is 308 g/mol. The molecule has 5 nitrogen and oxygen atoms in total. The molecule has 6 heteroatoms. The van der Waals surface area contributed by atoms with Crippen LogP contribution in [0.25, 0.3) is 11.1 Å². The summed E-state index contributed by atoms with van der Waals surface area (Å²) in [6.45, 7) is 0.637. The minimum atomic E-state index is -3.23. The SMILES string of the molecule is CS(=O)(=O)c1ccc2oc(C3CCCCC3CN)nc2c1. The summed E-state index contributed by atoms with van der Waals surface area (Å²) in [5.74, 6) is 1.35. The Morgan fingerprint density at radius 3 is 2.81 bits per heavy atom. The number of benzene rings is 1. The van der Waals surface area contributed by atoms with E-state index in [0.29, 0.717) is 29.5 Å². The maximum atomic E-state index is 11.6. The first-order valence-electron chi connectivity index (χ1n) is 7.29. The van der Waals surface area contributed by atoms with E-state index in [1.165, 1.54) is 12.7 Å². The van der Waals surface area contributed by atoms with Crippen LogP contribution < -0.4 is 5.73 Å². The first-order chi connectivity index (χ1) is 9.99. The number of sulfone groups is 1. The summed E-state index contributed by atoms with van der Waals surface area (Å²) in [6, 6.07) is 4.83. The monoisotopic (exact) mass is 308 g/mol. The van der Waals surface area contributed by atoms with Crippen molar-refractivity contribution < 1.29 is 12.8 Å². The number of nitrogens with zero attached hydrogens (tertiary/aromatic N) is 1. The first kappa shape index (κ1) is 14.5. The van der Waals surface area contributed by atoms with E-state index in [9.17, 15) is 8.42 Å². The lowest BCUT2D eigenvalue weighted by molar-refractivity contribution is 0.275. The molecule has 1 aromatic carbocycles. The second kappa shape index (κ2) is 5.42. The molecule has 2 unspecified atom stereocenters. The Hall–Kier alpha value is -1.40. The molecule has 0 radical (unpaired) electrons. The quantitative estimate of drug-likeness (QED) is 0.941. The van der Waals surface area contributed by atoms with Gasteiger partial charge in [-0.25, -0.2) is 13.4 Å². The predicted molar refractivity (Wildman–Crippen MR) is 80.9 cm³/mol. The third-order valence-electron chi connectivity index (χ3n) is 4.33. The number of hydrogen-bond donors (Lipinski definition) is 1. The van der Waals surface area contributed by atoms with Gasteiger partial charge in [-0.15, -0.1) is 0 Å². The van der Waals surface area contributed by atoms with Gasteiger partial charge in [-0.05, 0) is 43.5 Å². The molecule has 0 bridgehead atoms. The molecule has 1 aliphatic rings. The van der Waals surface area contributed by atoms with Crippen molar-refractivity contribution in [3.8, 4) is 0 Å². The largest absolute Gasteiger partial charge is 0.440 e. The summed E-state index contributed by atoms with van der Waals surface area (Å²) < 4.78 is 29.1. The summed E-state index contributed by atoms with van der Waals surface area (Å²) in [5.41, 5.74) is 7.10. The van der Waals surface area contributed by atoms with E-state index >= 15 is 0 Å². The van der Waals surface area contributed by atoms with Crippen LogP contribution in [0, 0.1) is 5.92 Å². The number of rotatable bonds is 3. The van der Waals surface area contributed by atoms with Gasteiger partial charge in [-0.2, -0.15) is 0 Å². The van der Waals surface area contributed by atoms with Crippen LogP contribution in [0.3, 0.4) is 0 Å². The Kier molecular flexibility index (Phi) is 3.75. The average Bonchev–Trinajstić information content (AvgIpc) is 2.89. The first-order valence-corrected chi connectivity index (χ1v) is 9.19. The standard InChI is InChI=1S/C15H20N2O3S/c1-21(18,19)11-6-7-14-13(8-11)17-15(20-14)12-5-3-2-4-10(12)9-16/h6-8,10,12H,2-5,9,16H2,1H3. The Morgan fingerprint density at radius 2 is 2.10 bits per heavy atom. The lowest BCUT2D eigenvalue weighted by Crippen LogP contribution is -2.25. The van der Waals surface area contributed by atoms with E-state index < -0.39 is 9.84 Å². The minimum Gasteiger partial charge on any atom is -0.440 e. The van der Waals surface area contributed by atoms with E-state index in [1.807, 2.05) is 0 Å². The number of fused-ring (bicyclic) bond motifs is 1. The second-order valence-electron chi connectivity index (χ2n) is 5.84. The zero-order chi connectivity index (χ0) is 15.0. The zero-order valence-corrected chi connectivity index (χ0v) is 12.9. The molecule has 21 heavy (non-hydrogen) atoms. The van der Waals surface area contributed by atoms with Crippen LogP contribution in [0.2, 0.25) is 0 Å². The van der Waals surface area contributed by atoms with Gasteiger partial charge in [0.2, 0.25) is 0 Å². The molecule has 1 fully saturated rings. The smallest absolute Gasteiger partial charge is 0.198 e. The van der Waals surface area contributed by atoms with Crippen LogP contribution in [0.15, 0.2) is 27.5 Å². The van der Waals surface area contributed by atoms with Crippen molar-refractivity contribution in [2.45, 2.75) is 36.5 Å². The highest BCUT2D eigenvalue weighted by Gasteiger charge is 2.29. The molecule has 3 rings (SSSR count). The van der Waals surface area contributed by atoms with E-state index in [1.54, 1.807) is 18.2 Å². The van der Waals surface area contributed by atoms with Crippen LogP contribution in [-0.4, -0.2) is 26.2 Å². The Labute approximate surface area is 124 Å². The molecule has 2 atom stereocenters. The van der Waals surface area contributed by atoms with Crippen LogP contribution in [0.4, 0.5) is 0 Å². The molecule has 1 aliphatic carbocycles. The van der Waals surface area contributed by atoms with Crippen LogP contribution in [-0.2, 0) is 9.84 Å². The highest BCUT2D eigenvalue weighted by Crippen LogP contribution is 2.38. The van der Waals surface area contributed by atoms with Crippen molar-refractivity contribution in [3.63, 3.8) is 0 Å². The number of aromatic nitrogens is 1.